The molecule has 1 rings (SSSR count). The topological polar surface area (TPSA) is 32.3 Å². The van der Waals surface area contributed by atoms with Crippen molar-refractivity contribution in [2.45, 2.75) is 31.4 Å². The van der Waals surface area contributed by atoms with E-state index < -0.39 is 0 Å². The Morgan fingerprint density at radius 3 is 2.33 bits per heavy atom. The fraction of sp³-hybridized carbons (Fsp3) is 1.00. The van der Waals surface area contributed by atoms with Crippen molar-refractivity contribution in [3.05, 3.63) is 0 Å². The van der Waals surface area contributed by atoms with Gasteiger partial charge in [0, 0.05) is 6.04 Å². The summed E-state index contributed by atoms with van der Waals surface area (Å²) in [6.07, 6.45) is 3.20. The lowest BCUT2D eigenvalue weighted by molar-refractivity contribution is 0.153. The molecule has 9 heavy (non-hydrogen) atoms. The first-order chi connectivity index (χ1) is 3.84. The second-order valence-corrected chi connectivity index (χ2v) is 2.39. The van der Waals surface area contributed by atoms with Crippen LogP contribution in [0.3, 0.4) is 0 Å². The van der Waals surface area contributed by atoms with Gasteiger partial charge in [-0.05, 0) is 26.3 Å². The zero-order valence-electron chi connectivity index (χ0n) is 5.63. The normalized spacial score (nSPS) is 34.0. The van der Waals surface area contributed by atoms with Gasteiger partial charge in [-0.2, -0.15) is 0 Å². The number of halogens is 1. The van der Waals surface area contributed by atoms with Crippen LogP contribution >= 0.6 is 12.4 Å². The Morgan fingerprint density at radius 2 is 2.11 bits per heavy atom. The second-order valence-electron chi connectivity index (χ2n) is 2.39. The van der Waals surface area contributed by atoms with Gasteiger partial charge in [0.2, 0.25) is 0 Å². The van der Waals surface area contributed by atoms with Crippen LogP contribution in [0.15, 0.2) is 0 Å². The van der Waals surface area contributed by atoms with Crippen LogP contribution in [0.5, 0.6) is 0 Å². The lowest BCUT2D eigenvalue weighted by Gasteiger charge is -2.11. The highest BCUT2D eigenvalue weighted by atomic mass is 35.5. The van der Waals surface area contributed by atoms with Crippen molar-refractivity contribution in [2.24, 2.45) is 0 Å². The lowest BCUT2D eigenvalue weighted by Crippen LogP contribution is -2.32. The van der Waals surface area contributed by atoms with Crippen LogP contribution < -0.4 is 5.32 Å². The van der Waals surface area contributed by atoms with E-state index in [1.165, 1.54) is 6.42 Å². The van der Waals surface area contributed by atoms with Crippen LogP contribution in [0.4, 0.5) is 0 Å². The van der Waals surface area contributed by atoms with Crippen LogP contribution in [0, 0.1) is 0 Å². The van der Waals surface area contributed by atoms with Crippen molar-refractivity contribution < 1.29 is 5.11 Å². The van der Waals surface area contributed by atoms with Crippen LogP contribution in [0.25, 0.3) is 0 Å². The molecule has 2 nitrogen and oxygen atoms in total. The molecule has 0 saturated heterocycles. The number of nitrogens with one attached hydrogen (secondary N) is 1. The van der Waals surface area contributed by atoms with Crippen molar-refractivity contribution in [2.75, 3.05) is 7.05 Å². The molecule has 1 saturated carbocycles. The molecule has 0 heterocycles. The molecule has 0 aliphatic heterocycles. The maximum atomic E-state index is 9.13. The molecule has 0 aromatic carbocycles. The van der Waals surface area contributed by atoms with E-state index in [-0.39, 0.29) is 18.5 Å². The maximum Gasteiger partial charge on any atom is 0.0693 e. The molecule has 56 valence electrons. The quantitative estimate of drug-likeness (QED) is 0.574. The van der Waals surface area contributed by atoms with Crippen molar-refractivity contribution in [1.29, 1.82) is 0 Å². The minimum atomic E-state index is -0.0833. The Balaban J connectivity index is 0.000000640. The molecular formula is C6H14ClNO. The third-order valence-electron chi connectivity index (χ3n) is 1.85. The molecule has 3 heteroatoms. The molecular weight excluding hydrogens is 138 g/mol. The summed E-state index contributed by atoms with van der Waals surface area (Å²) in [5.74, 6) is 0. The van der Waals surface area contributed by atoms with E-state index in [0.717, 1.165) is 12.8 Å². The Morgan fingerprint density at radius 1 is 1.44 bits per heavy atom. The van der Waals surface area contributed by atoms with E-state index in [9.17, 15) is 0 Å². The predicted octanol–water partition coefficient (Wildman–Crippen LogP) is 0.541. The van der Waals surface area contributed by atoms with Gasteiger partial charge in [-0.15, -0.1) is 12.4 Å². The van der Waals surface area contributed by atoms with Crippen molar-refractivity contribution in [3.8, 4) is 0 Å². The van der Waals surface area contributed by atoms with Crippen molar-refractivity contribution in [1.82, 2.24) is 5.32 Å². The van der Waals surface area contributed by atoms with Gasteiger partial charge in [0.1, 0.15) is 0 Å². The fourth-order valence-electron chi connectivity index (χ4n) is 1.28. The number of likely N-dealkylation sites (N-methyl/N-ethyl adjacent to an activating group) is 1. The first-order valence-corrected chi connectivity index (χ1v) is 3.20. The predicted molar refractivity (Wildman–Crippen MR) is 40.0 cm³/mol. The number of aliphatic hydroxyl groups excluding tert-OH is 1. The molecule has 0 bridgehead atoms. The number of aliphatic hydroxyl groups is 1. The summed E-state index contributed by atoms with van der Waals surface area (Å²) in [7, 11) is 1.90. The van der Waals surface area contributed by atoms with Gasteiger partial charge >= 0.3 is 0 Å². The molecule has 1 aliphatic carbocycles. The molecule has 1 aliphatic rings. The second kappa shape index (κ2) is 4.09. The molecule has 0 radical (unpaired) electrons. The van der Waals surface area contributed by atoms with Crippen LogP contribution in [0.1, 0.15) is 19.3 Å². The van der Waals surface area contributed by atoms with E-state index in [1.807, 2.05) is 7.05 Å². The van der Waals surface area contributed by atoms with Gasteiger partial charge in [0.15, 0.2) is 0 Å². The molecule has 0 aromatic heterocycles. The summed E-state index contributed by atoms with van der Waals surface area (Å²) in [4.78, 5) is 0. The largest absolute Gasteiger partial charge is 0.392 e. The molecule has 1 fully saturated rings. The summed E-state index contributed by atoms with van der Waals surface area (Å²) < 4.78 is 0. The van der Waals surface area contributed by atoms with Gasteiger partial charge in [-0.25, -0.2) is 0 Å². The summed E-state index contributed by atoms with van der Waals surface area (Å²) in [5.41, 5.74) is 0. The highest BCUT2D eigenvalue weighted by molar-refractivity contribution is 5.85. The molecule has 2 atom stereocenters. The Hall–Kier alpha value is 0.210. The van der Waals surface area contributed by atoms with E-state index in [0.29, 0.717) is 6.04 Å². The summed E-state index contributed by atoms with van der Waals surface area (Å²) in [5, 5.41) is 12.2. The summed E-state index contributed by atoms with van der Waals surface area (Å²) in [6, 6.07) is 0.370. The third kappa shape index (κ3) is 2.12. The monoisotopic (exact) mass is 151 g/mol. The Bertz CT molecular complexity index is 79.5. The molecule has 0 aromatic rings. The van der Waals surface area contributed by atoms with Crippen molar-refractivity contribution >= 4 is 12.4 Å². The van der Waals surface area contributed by atoms with E-state index in [2.05, 4.69) is 5.32 Å². The lowest BCUT2D eigenvalue weighted by atomic mass is 10.2. The SMILES string of the molecule is CN[C@@H]1CCC[C@@H]1O.Cl. The summed E-state index contributed by atoms with van der Waals surface area (Å²) >= 11 is 0. The van der Waals surface area contributed by atoms with E-state index in [1.54, 1.807) is 0 Å². The number of hydrogen-bond acceptors (Lipinski definition) is 2. The Kier molecular flexibility index (Phi) is 4.19. The average Bonchev–Trinajstić information content (AvgIpc) is 2.14. The van der Waals surface area contributed by atoms with Crippen LogP contribution in [-0.2, 0) is 0 Å². The first-order valence-electron chi connectivity index (χ1n) is 3.20. The molecule has 0 unspecified atom stereocenters. The van der Waals surface area contributed by atoms with Gasteiger partial charge in [-0.3, -0.25) is 0 Å². The van der Waals surface area contributed by atoms with Crippen molar-refractivity contribution in [3.63, 3.8) is 0 Å². The smallest absolute Gasteiger partial charge is 0.0693 e. The maximum absolute atomic E-state index is 9.13. The highest BCUT2D eigenvalue weighted by Crippen LogP contribution is 2.17. The summed E-state index contributed by atoms with van der Waals surface area (Å²) in [6.45, 7) is 0. The minimum absolute atomic E-state index is 0. The molecule has 0 amide bonds. The fourth-order valence-corrected chi connectivity index (χ4v) is 1.28. The number of rotatable bonds is 1. The zero-order valence-corrected chi connectivity index (χ0v) is 6.45. The highest BCUT2D eigenvalue weighted by Gasteiger charge is 2.22. The average molecular weight is 152 g/mol. The van der Waals surface area contributed by atoms with E-state index >= 15 is 0 Å². The van der Waals surface area contributed by atoms with Gasteiger partial charge in [0.05, 0.1) is 6.10 Å². The van der Waals surface area contributed by atoms with Gasteiger partial charge in [0.25, 0.3) is 0 Å². The van der Waals surface area contributed by atoms with Crippen LogP contribution in [0.2, 0.25) is 0 Å². The van der Waals surface area contributed by atoms with Gasteiger partial charge < -0.3 is 10.4 Å². The number of hydrogen-bond donors (Lipinski definition) is 2. The van der Waals surface area contributed by atoms with Gasteiger partial charge in [-0.1, -0.05) is 0 Å². The zero-order chi connectivity index (χ0) is 5.98. The first kappa shape index (κ1) is 9.21. The molecule has 2 N–H and O–H groups in total. The Labute approximate surface area is 62.1 Å². The standard InChI is InChI=1S/C6H13NO.ClH/c1-7-5-3-2-4-6(5)8;/h5-8H,2-4H2,1H3;1H/t5-,6+;/m1./s1. The van der Waals surface area contributed by atoms with E-state index in [4.69, 9.17) is 5.11 Å². The van der Waals surface area contributed by atoms with Crippen LogP contribution in [-0.4, -0.2) is 24.3 Å². The third-order valence-corrected chi connectivity index (χ3v) is 1.85. The minimum Gasteiger partial charge on any atom is -0.392 e. The molecule has 0 spiro atoms.